The molecule has 4 nitrogen and oxygen atoms in total. The summed E-state index contributed by atoms with van der Waals surface area (Å²) in [6.45, 7) is 6.01. The predicted molar refractivity (Wildman–Crippen MR) is 73.5 cm³/mol. The molecular formula is C15H17NO3. The van der Waals surface area contributed by atoms with Gasteiger partial charge in [-0.25, -0.2) is 0 Å². The highest BCUT2D eigenvalue weighted by Gasteiger charge is 2.20. The zero-order valence-electron chi connectivity index (χ0n) is 11.2. The van der Waals surface area contributed by atoms with Crippen molar-refractivity contribution < 1.29 is 14.3 Å². The molecule has 0 bridgehead atoms. The highest BCUT2D eigenvalue weighted by molar-refractivity contribution is 6.04. The minimum Gasteiger partial charge on any atom is -0.505 e. The molecule has 0 aliphatic carbocycles. The smallest absolute Gasteiger partial charge is 0.259 e. The number of hydrogen-bond acceptors (Lipinski definition) is 3. The summed E-state index contributed by atoms with van der Waals surface area (Å²) in [5.41, 5.74) is 1.41. The van der Waals surface area contributed by atoms with Crippen molar-refractivity contribution in [3.8, 4) is 5.75 Å². The normalized spacial score (nSPS) is 11.3. The topological polar surface area (TPSA) is 62.5 Å². The molecule has 0 atom stereocenters. The zero-order valence-corrected chi connectivity index (χ0v) is 11.2. The van der Waals surface area contributed by atoms with Crippen LogP contribution in [0.4, 0.5) is 5.69 Å². The van der Waals surface area contributed by atoms with E-state index in [2.05, 4.69) is 5.32 Å². The van der Waals surface area contributed by atoms with Crippen molar-refractivity contribution in [2.75, 3.05) is 5.32 Å². The van der Waals surface area contributed by atoms with Crippen LogP contribution < -0.4 is 5.32 Å². The molecular weight excluding hydrogens is 242 g/mol. The average molecular weight is 259 g/mol. The Kier molecular flexibility index (Phi) is 3.34. The summed E-state index contributed by atoms with van der Waals surface area (Å²) in [7, 11) is 0. The number of hydrogen-bond donors (Lipinski definition) is 2. The number of amides is 1. The van der Waals surface area contributed by atoms with E-state index in [1.807, 2.05) is 32.9 Å². The number of rotatable bonds is 2. The fourth-order valence-electron chi connectivity index (χ4n) is 1.84. The fraction of sp³-hybridized carbons (Fsp3) is 0.267. The Morgan fingerprint density at radius 1 is 1.26 bits per heavy atom. The van der Waals surface area contributed by atoms with Crippen molar-refractivity contribution >= 4 is 11.6 Å². The third-order valence-electron chi connectivity index (χ3n) is 2.88. The predicted octanol–water partition coefficient (Wildman–Crippen LogP) is 3.54. The Morgan fingerprint density at radius 3 is 2.58 bits per heavy atom. The maximum absolute atomic E-state index is 11.9. The van der Waals surface area contributed by atoms with Crippen molar-refractivity contribution in [1.82, 2.24) is 0 Å². The number of phenols is 1. The van der Waals surface area contributed by atoms with E-state index < -0.39 is 0 Å². The van der Waals surface area contributed by atoms with Gasteiger partial charge in [-0.05, 0) is 17.5 Å². The molecule has 0 fully saturated rings. The molecule has 0 unspecified atom stereocenters. The van der Waals surface area contributed by atoms with Gasteiger partial charge in [-0.1, -0.05) is 32.9 Å². The first kappa shape index (κ1) is 13.2. The Balaban J connectivity index is 2.29. The van der Waals surface area contributed by atoms with Gasteiger partial charge in [0.15, 0.2) is 0 Å². The molecule has 1 heterocycles. The quantitative estimate of drug-likeness (QED) is 0.811. The zero-order chi connectivity index (χ0) is 14.0. The Labute approximate surface area is 112 Å². The van der Waals surface area contributed by atoms with E-state index in [9.17, 15) is 9.90 Å². The summed E-state index contributed by atoms with van der Waals surface area (Å²) < 4.78 is 4.86. The van der Waals surface area contributed by atoms with Crippen molar-refractivity contribution in [3.05, 3.63) is 47.9 Å². The first-order valence-electron chi connectivity index (χ1n) is 6.05. The van der Waals surface area contributed by atoms with Gasteiger partial charge < -0.3 is 14.8 Å². The van der Waals surface area contributed by atoms with Crippen molar-refractivity contribution in [2.45, 2.75) is 26.2 Å². The molecule has 0 saturated heterocycles. The molecule has 2 aromatic rings. The average Bonchev–Trinajstić information content (AvgIpc) is 2.83. The number of para-hydroxylation sites is 1. The molecule has 1 amide bonds. The summed E-state index contributed by atoms with van der Waals surface area (Å²) in [6.07, 6.45) is 2.79. The van der Waals surface area contributed by atoms with Gasteiger partial charge in [-0.15, -0.1) is 0 Å². The Morgan fingerprint density at radius 2 is 2.00 bits per heavy atom. The van der Waals surface area contributed by atoms with Crippen LogP contribution in [0.25, 0.3) is 0 Å². The summed E-state index contributed by atoms with van der Waals surface area (Å²) in [5.74, 6) is -0.207. The lowest BCUT2D eigenvalue weighted by Crippen LogP contribution is -2.14. The molecule has 0 spiro atoms. The number of phenolic OH excluding ortho intramolecular Hbond substituents is 1. The lowest BCUT2D eigenvalue weighted by molar-refractivity contribution is 0.102. The first-order chi connectivity index (χ1) is 8.89. The summed E-state index contributed by atoms with van der Waals surface area (Å²) in [5, 5.41) is 12.9. The van der Waals surface area contributed by atoms with Gasteiger partial charge >= 0.3 is 0 Å². The number of carbonyl (C=O) groups is 1. The molecule has 1 aromatic heterocycles. The molecule has 2 N–H and O–H groups in total. The lowest BCUT2D eigenvalue weighted by atomic mass is 9.86. The lowest BCUT2D eigenvalue weighted by Gasteiger charge is -2.21. The van der Waals surface area contributed by atoms with Crippen molar-refractivity contribution in [2.24, 2.45) is 0 Å². The van der Waals surface area contributed by atoms with E-state index in [-0.39, 0.29) is 17.1 Å². The first-order valence-corrected chi connectivity index (χ1v) is 6.05. The van der Waals surface area contributed by atoms with E-state index in [0.29, 0.717) is 11.3 Å². The summed E-state index contributed by atoms with van der Waals surface area (Å²) in [6, 6.07) is 6.90. The van der Waals surface area contributed by atoms with Crippen molar-refractivity contribution in [3.63, 3.8) is 0 Å². The molecule has 1 aromatic carbocycles. The van der Waals surface area contributed by atoms with Gasteiger partial charge in [-0.2, -0.15) is 0 Å². The van der Waals surface area contributed by atoms with E-state index >= 15 is 0 Å². The molecule has 0 radical (unpaired) electrons. The molecule has 0 saturated carbocycles. The van der Waals surface area contributed by atoms with Crippen LogP contribution in [-0.4, -0.2) is 11.0 Å². The third-order valence-corrected chi connectivity index (χ3v) is 2.88. The van der Waals surface area contributed by atoms with Gasteiger partial charge in [0.1, 0.15) is 12.0 Å². The third kappa shape index (κ3) is 2.78. The maximum Gasteiger partial charge on any atom is 0.259 e. The minimum atomic E-state index is -0.310. The van der Waals surface area contributed by atoms with Gasteiger partial charge in [0.25, 0.3) is 5.91 Å². The standard InChI is InChI=1S/C15H17NO3/c1-15(2,3)11-5-4-6-12(13(11)17)16-14(18)10-7-8-19-9-10/h4-9,17H,1-3H3,(H,16,18). The van der Waals surface area contributed by atoms with Gasteiger partial charge in [0.05, 0.1) is 17.5 Å². The highest BCUT2D eigenvalue weighted by atomic mass is 16.3. The van der Waals surface area contributed by atoms with Crippen LogP contribution in [0.15, 0.2) is 41.2 Å². The van der Waals surface area contributed by atoms with Crippen molar-refractivity contribution in [1.29, 1.82) is 0 Å². The number of furan rings is 1. The fourth-order valence-corrected chi connectivity index (χ4v) is 1.84. The van der Waals surface area contributed by atoms with E-state index in [1.165, 1.54) is 12.5 Å². The number of nitrogens with one attached hydrogen (secondary N) is 1. The SMILES string of the molecule is CC(C)(C)c1cccc(NC(=O)c2ccoc2)c1O. The molecule has 2 rings (SSSR count). The van der Waals surface area contributed by atoms with E-state index in [0.717, 1.165) is 5.56 Å². The van der Waals surface area contributed by atoms with Crippen LogP contribution >= 0.6 is 0 Å². The summed E-state index contributed by atoms with van der Waals surface area (Å²) >= 11 is 0. The van der Waals surface area contributed by atoms with Gasteiger partial charge in [-0.3, -0.25) is 4.79 Å². The van der Waals surface area contributed by atoms with Crippen LogP contribution in [0.5, 0.6) is 5.75 Å². The molecule has 19 heavy (non-hydrogen) atoms. The number of benzene rings is 1. The van der Waals surface area contributed by atoms with Crippen LogP contribution in [0, 0.1) is 0 Å². The van der Waals surface area contributed by atoms with Gasteiger partial charge in [0.2, 0.25) is 0 Å². The van der Waals surface area contributed by atoms with E-state index in [1.54, 1.807) is 12.1 Å². The second-order valence-electron chi connectivity index (χ2n) is 5.42. The van der Waals surface area contributed by atoms with Crippen LogP contribution in [-0.2, 0) is 5.41 Å². The molecule has 100 valence electrons. The van der Waals surface area contributed by atoms with E-state index in [4.69, 9.17) is 4.42 Å². The van der Waals surface area contributed by atoms with Crippen LogP contribution in [0.2, 0.25) is 0 Å². The Bertz CT molecular complexity index is 580. The second-order valence-corrected chi connectivity index (χ2v) is 5.42. The highest BCUT2D eigenvalue weighted by Crippen LogP contribution is 2.35. The van der Waals surface area contributed by atoms with Crippen LogP contribution in [0.1, 0.15) is 36.7 Å². The second kappa shape index (κ2) is 4.80. The monoisotopic (exact) mass is 259 g/mol. The number of aromatic hydroxyl groups is 1. The Hall–Kier alpha value is -2.23. The largest absolute Gasteiger partial charge is 0.505 e. The molecule has 0 aliphatic heterocycles. The minimum absolute atomic E-state index is 0.104. The maximum atomic E-state index is 11.9. The molecule has 4 heteroatoms. The summed E-state index contributed by atoms with van der Waals surface area (Å²) in [4.78, 5) is 11.9. The number of carbonyl (C=O) groups excluding carboxylic acids is 1. The number of anilines is 1. The van der Waals surface area contributed by atoms with Crippen LogP contribution in [0.3, 0.4) is 0 Å². The molecule has 0 aliphatic rings. The van der Waals surface area contributed by atoms with Gasteiger partial charge in [0, 0.05) is 5.56 Å².